The number of hydrogen-bond donors (Lipinski definition) is 1. The maximum atomic E-state index is 13.0. The molecule has 1 rings (SSSR count). The van der Waals surface area contributed by atoms with Crippen LogP contribution in [0.2, 0.25) is 0 Å². The lowest BCUT2D eigenvalue weighted by Gasteiger charge is -2.11. The first-order valence-corrected chi connectivity index (χ1v) is 3.96. The van der Waals surface area contributed by atoms with Crippen LogP contribution in [0, 0.1) is 17.5 Å². The molecule has 0 fully saturated rings. The molecule has 1 unspecified atom stereocenters. The summed E-state index contributed by atoms with van der Waals surface area (Å²) in [5, 5.41) is 8.44. The van der Waals surface area contributed by atoms with E-state index in [-0.39, 0.29) is 0 Å². The summed E-state index contributed by atoms with van der Waals surface area (Å²) in [4.78, 5) is 10.4. The van der Waals surface area contributed by atoms with Crippen molar-refractivity contribution in [3.8, 4) is 5.75 Å². The minimum Gasteiger partial charge on any atom is -0.479 e. The van der Waals surface area contributed by atoms with Gasteiger partial charge in [-0.3, -0.25) is 0 Å². The molecule has 0 spiro atoms. The summed E-state index contributed by atoms with van der Waals surface area (Å²) in [6, 6.07) is 1.48. The highest BCUT2D eigenvalue weighted by Gasteiger charge is 2.19. The van der Waals surface area contributed by atoms with Gasteiger partial charge in [0.15, 0.2) is 23.5 Å². The average molecular weight is 220 g/mol. The first-order valence-electron chi connectivity index (χ1n) is 3.96. The van der Waals surface area contributed by atoms with Crippen molar-refractivity contribution >= 4 is 5.97 Å². The minimum absolute atomic E-state index is 0.635. The first-order chi connectivity index (χ1) is 6.93. The smallest absolute Gasteiger partial charge is 0.344 e. The Morgan fingerprint density at radius 1 is 1.33 bits per heavy atom. The van der Waals surface area contributed by atoms with Crippen LogP contribution >= 0.6 is 0 Å². The Morgan fingerprint density at radius 3 is 2.47 bits per heavy atom. The molecular formula is C9H7F3O3. The summed E-state index contributed by atoms with van der Waals surface area (Å²) in [6.45, 7) is 1.14. The molecule has 82 valence electrons. The van der Waals surface area contributed by atoms with Crippen LogP contribution in [0.15, 0.2) is 12.1 Å². The molecule has 0 saturated carbocycles. The third-order valence-electron chi connectivity index (χ3n) is 1.65. The highest BCUT2D eigenvalue weighted by atomic mass is 19.2. The predicted octanol–water partition coefficient (Wildman–Crippen LogP) is 1.96. The number of benzene rings is 1. The molecule has 0 aliphatic carbocycles. The fourth-order valence-electron chi connectivity index (χ4n) is 0.840. The van der Waals surface area contributed by atoms with Crippen LogP contribution in [0.1, 0.15) is 6.92 Å². The van der Waals surface area contributed by atoms with Gasteiger partial charge in [-0.25, -0.2) is 13.6 Å². The van der Waals surface area contributed by atoms with Crippen molar-refractivity contribution in [2.24, 2.45) is 0 Å². The second-order valence-electron chi connectivity index (χ2n) is 2.77. The molecule has 1 atom stereocenters. The third-order valence-corrected chi connectivity index (χ3v) is 1.65. The van der Waals surface area contributed by atoms with Crippen LogP contribution in [-0.4, -0.2) is 17.2 Å². The van der Waals surface area contributed by atoms with E-state index in [1.165, 1.54) is 0 Å². The molecular weight excluding hydrogens is 213 g/mol. The van der Waals surface area contributed by atoms with Crippen molar-refractivity contribution in [1.29, 1.82) is 0 Å². The minimum atomic E-state index is -1.69. The first kappa shape index (κ1) is 11.4. The van der Waals surface area contributed by atoms with E-state index in [2.05, 4.69) is 4.74 Å². The molecule has 0 aromatic heterocycles. The van der Waals surface area contributed by atoms with Gasteiger partial charge < -0.3 is 9.84 Å². The predicted molar refractivity (Wildman–Crippen MR) is 44.0 cm³/mol. The van der Waals surface area contributed by atoms with Gasteiger partial charge in [0.2, 0.25) is 5.82 Å². The van der Waals surface area contributed by atoms with Crippen LogP contribution in [0.4, 0.5) is 13.2 Å². The van der Waals surface area contributed by atoms with Gasteiger partial charge in [0.25, 0.3) is 0 Å². The molecule has 0 aliphatic heterocycles. The third kappa shape index (κ3) is 2.39. The topological polar surface area (TPSA) is 46.5 Å². The van der Waals surface area contributed by atoms with Gasteiger partial charge in [-0.15, -0.1) is 0 Å². The summed E-state index contributed by atoms with van der Waals surface area (Å²) in [5.74, 6) is -6.56. The quantitative estimate of drug-likeness (QED) is 0.792. The highest BCUT2D eigenvalue weighted by Crippen LogP contribution is 2.22. The van der Waals surface area contributed by atoms with Gasteiger partial charge in [0, 0.05) is 0 Å². The monoisotopic (exact) mass is 220 g/mol. The normalized spacial score (nSPS) is 12.3. The molecule has 1 aromatic carbocycles. The fourth-order valence-corrected chi connectivity index (χ4v) is 0.840. The number of rotatable bonds is 3. The van der Waals surface area contributed by atoms with E-state index < -0.39 is 35.3 Å². The summed E-state index contributed by atoms with van der Waals surface area (Å²) >= 11 is 0. The Balaban J connectivity index is 2.97. The molecule has 15 heavy (non-hydrogen) atoms. The number of carboxylic acids is 1. The van der Waals surface area contributed by atoms with Crippen LogP contribution in [0.3, 0.4) is 0 Å². The maximum Gasteiger partial charge on any atom is 0.344 e. The molecule has 6 heteroatoms. The van der Waals surface area contributed by atoms with Gasteiger partial charge in [-0.2, -0.15) is 4.39 Å². The fraction of sp³-hybridized carbons (Fsp3) is 0.222. The molecule has 0 heterocycles. The molecule has 1 aromatic rings. The van der Waals surface area contributed by atoms with Crippen molar-refractivity contribution < 1.29 is 27.8 Å². The van der Waals surface area contributed by atoms with Crippen LogP contribution in [-0.2, 0) is 4.79 Å². The van der Waals surface area contributed by atoms with Gasteiger partial charge in [0.05, 0.1) is 0 Å². The van der Waals surface area contributed by atoms with Crippen LogP contribution < -0.4 is 4.74 Å². The molecule has 3 nitrogen and oxygen atoms in total. The molecule has 0 saturated heterocycles. The average Bonchev–Trinajstić information content (AvgIpc) is 2.18. The van der Waals surface area contributed by atoms with Crippen molar-refractivity contribution in [2.75, 3.05) is 0 Å². The van der Waals surface area contributed by atoms with Crippen molar-refractivity contribution in [2.45, 2.75) is 13.0 Å². The van der Waals surface area contributed by atoms with Crippen LogP contribution in [0.5, 0.6) is 5.75 Å². The van der Waals surface area contributed by atoms with E-state index in [0.717, 1.165) is 13.0 Å². The Bertz CT molecular complexity index is 392. The Hall–Kier alpha value is -1.72. The lowest BCUT2D eigenvalue weighted by atomic mass is 10.3. The van der Waals surface area contributed by atoms with E-state index in [1.54, 1.807) is 0 Å². The van der Waals surface area contributed by atoms with Crippen LogP contribution in [0.25, 0.3) is 0 Å². The van der Waals surface area contributed by atoms with Crippen molar-refractivity contribution in [1.82, 2.24) is 0 Å². The summed E-state index contributed by atoms with van der Waals surface area (Å²) in [7, 11) is 0. The van der Waals surface area contributed by atoms with E-state index in [4.69, 9.17) is 5.11 Å². The SMILES string of the molecule is CC(Oc1ccc(F)c(F)c1F)C(=O)O. The number of carboxylic acid groups (broad SMARTS) is 1. The van der Waals surface area contributed by atoms with Gasteiger partial charge in [-0.1, -0.05) is 0 Å². The molecule has 0 amide bonds. The summed E-state index contributed by atoms with van der Waals surface area (Å²) in [5.41, 5.74) is 0. The van der Waals surface area contributed by atoms with E-state index in [0.29, 0.717) is 6.07 Å². The number of hydrogen-bond acceptors (Lipinski definition) is 2. The largest absolute Gasteiger partial charge is 0.479 e. The Kier molecular flexibility index (Phi) is 3.18. The Labute approximate surface area is 83.1 Å². The standard InChI is InChI=1S/C9H7F3O3/c1-4(9(13)14)15-6-3-2-5(10)7(11)8(6)12/h2-4H,1H3,(H,13,14). The molecule has 1 N–H and O–H groups in total. The van der Waals surface area contributed by atoms with E-state index in [1.807, 2.05) is 0 Å². The second-order valence-corrected chi connectivity index (χ2v) is 2.77. The van der Waals surface area contributed by atoms with Gasteiger partial charge >= 0.3 is 5.97 Å². The summed E-state index contributed by atoms with van der Waals surface area (Å²) in [6.07, 6.45) is -1.34. The number of carbonyl (C=O) groups is 1. The van der Waals surface area contributed by atoms with Gasteiger partial charge in [0.1, 0.15) is 0 Å². The highest BCUT2D eigenvalue weighted by molar-refractivity contribution is 5.72. The zero-order chi connectivity index (χ0) is 11.6. The van der Waals surface area contributed by atoms with E-state index in [9.17, 15) is 18.0 Å². The van der Waals surface area contributed by atoms with E-state index >= 15 is 0 Å². The number of ether oxygens (including phenoxy) is 1. The lowest BCUT2D eigenvalue weighted by molar-refractivity contribution is -0.144. The zero-order valence-corrected chi connectivity index (χ0v) is 7.63. The van der Waals surface area contributed by atoms with Crippen molar-refractivity contribution in [3.63, 3.8) is 0 Å². The second kappa shape index (κ2) is 4.20. The summed E-state index contributed by atoms with van der Waals surface area (Å²) < 4.78 is 42.6. The Morgan fingerprint density at radius 2 is 1.93 bits per heavy atom. The molecule has 0 aliphatic rings. The van der Waals surface area contributed by atoms with Crippen molar-refractivity contribution in [3.05, 3.63) is 29.6 Å². The lowest BCUT2D eigenvalue weighted by Crippen LogP contribution is -2.23. The zero-order valence-electron chi connectivity index (χ0n) is 7.63. The number of halogens is 3. The van der Waals surface area contributed by atoms with Gasteiger partial charge in [-0.05, 0) is 19.1 Å². The molecule has 0 bridgehead atoms. The molecule has 0 radical (unpaired) electrons. The number of aliphatic carboxylic acids is 1. The maximum absolute atomic E-state index is 13.0.